The van der Waals surface area contributed by atoms with Crippen molar-refractivity contribution in [3.63, 3.8) is 0 Å². The van der Waals surface area contributed by atoms with Crippen LogP contribution in [0.3, 0.4) is 0 Å². The molecule has 0 radical (unpaired) electrons. The van der Waals surface area contributed by atoms with E-state index in [1.165, 1.54) is 0 Å². The average Bonchev–Trinajstić information content (AvgIpc) is 2.74. The Hall–Kier alpha value is -0.480. The van der Waals surface area contributed by atoms with Crippen LogP contribution in [0.4, 0.5) is 0 Å². The highest BCUT2D eigenvalue weighted by Crippen LogP contribution is 1.99. The van der Waals surface area contributed by atoms with Gasteiger partial charge in [0.2, 0.25) is 0 Å². The lowest BCUT2D eigenvalue weighted by Crippen LogP contribution is -2.34. The fourth-order valence-electron chi connectivity index (χ4n) is 2.41. The smallest absolute Gasteiger partial charge is 0.104 e. The lowest BCUT2D eigenvalue weighted by Gasteiger charge is -2.20. The van der Waals surface area contributed by atoms with Crippen LogP contribution < -0.4 is 34.4 Å². The molecule has 0 aromatic rings. The number of rotatable bonds is 22. The molecule has 0 aliphatic heterocycles. The summed E-state index contributed by atoms with van der Waals surface area (Å²) in [6, 6.07) is 0.0602. The zero-order valence-corrected chi connectivity index (χ0v) is 23.6. The van der Waals surface area contributed by atoms with Gasteiger partial charge >= 0.3 is 0 Å². The van der Waals surface area contributed by atoms with Crippen LogP contribution in [0.1, 0.15) is 41.5 Å². The van der Waals surface area contributed by atoms with Crippen molar-refractivity contribution < 1.29 is 28.4 Å². The van der Waals surface area contributed by atoms with Gasteiger partial charge in [0, 0.05) is 36.3 Å². The Balaban J connectivity index is 0. The number of hydrogen-bond acceptors (Lipinski definition) is 12. The summed E-state index contributed by atoms with van der Waals surface area (Å²) in [6.07, 6.45) is -0.262. The molecule has 0 bridgehead atoms. The lowest BCUT2D eigenvalue weighted by molar-refractivity contribution is -0.0644. The van der Waals surface area contributed by atoms with Crippen molar-refractivity contribution in [3.05, 3.63) is 0 Å². The van der Waals surface area contributed by atoms with E-state index in [9.17, 15) is 0 Å². The molecule has 0 aromatic carbocycles. The van der Waals surface area contributed by atoms with E-state index in [1.807, 2.05) is 41.5 Å². The largest absolute Gasteiger partial charge is 0.377 e. The molecule has 0 heterocycles. The first-order valence-corrected chi connectivity index (χ1v) is 12.9. The maximum atomic E-state index is 5.65. The highest BCUT2D eigenvalue weighted by Gasteiger charge is 2.13. The Labute approximate surface area is 219 Å². The molecule has 220 valence electrons. The molecule has 36 heavy (non-hydrogen) atoms. The van der Waals surface area contributed by atoms with Gasteiger partial charge in [-0.1, -0.05) is 0 Å². The zero-order valence-electron chi connectivity index (χ0n) is 23.6. The molecule has 0 saturated carbocycles. The van der Waals surface area contributed by atoms with Crippen molar-refractivity contribution in [3.8, 4) is 0 Å². The Morgan fingerprint density at radius 3 is 0.694 bits per heavy atom. The van der Waals surface area contributed by atoms with E-state index in [2.05, 4.69) is 0 Å². The van der Waals surface area contributed by atoms with Gasteiger partial charge in [-0.2, -0.15) is 0 Å². The van der Waals surface area contributed by atoms with Gasteiger partial charge in [-0.3, -0.25) is 0 Å². The van der Waals surface area contributed by atoms with Crippen LogP contribution in [0, 0.1) is 0 Å². The fourth-order valence-corrected chi connectivity index (χ4v) is 2.41. The Kier molecular flexibility index (Phi) is 26.0. The summed E-state index contributed by atoms with van der Waals surface area (Å²) in [5.41, 5.74) is 33.7. The Morgan fingerprint density at radius 1 is 0.333 bits per heavy atom. The summed E-state index contributed by atoms with van der Waals surface area (Å²) in [5.74, 6) is 0. The zero-order chi connectivity index (χ0) is 27.9. The molecule has 0 spiro atoms. The van der Waals surface area contributed by atoms with Gasteiger partial charge in [0.05, 0.1) is 66.1 Å². The maximum absolute atomic E-state index is 5.65. The van der Waals surface area contributed by atoms with Crippen molar-refractivity contribution in [2.45, 2.75) is 90.0 Å². The quantitative estimate of drug-likeness (QED) is 0.0991. The van der Waals surface area contributed by atoms with Gasteiger partial charge in [-0.25, -0.2) is 0 Å². The molecule has 6 unspecified atom stereocenters. The summed E-state index contributed by atoms with van der Waals surface area (Å²) in [6.45, 7) is 16.1. The van der Waals surface area contributed by atoms with E-state index in [1.54, 1.807) is 0 Å². The highest BCUT2D eigenvalue weighted by atomic mass is 16.6. The molecule has 0 rings (SSSR count). The van der Waals surface area contributed by atoms with Crippen LogP contribution >= 0.6 is 0 Å². The van der Waals surface area contributed by atoms with Gasteiger partial charge < -0.3 is 62.8 Å². The molecule has 12 heteroatoms. The molecule has 0 aliphatic rings. The minimum absolute atomic E-state index is 0.00522. The normalized spacial score (nSPS) is 18.3. The van der Waals surface area contributed by atoms with Crippen LogP contribution in [0.15, 0.2) is 0 Å². The van der Waals surface area contributed by atoms with Crippen LogP contribution in [-0.4, -0.2) is 115 Å². The van der Waals surface area contributed by atoms with E-state index in [0.29, 0.717) is 66.1 Å². The van der Waals surface area contributed by atoms with Crippen molar-refractivity contribution in [1.29, 1.82) is 0 Å². The Bertz CT molecular complexity index is 391. The predicted molar refractivity (Wildman–Crippen MR) is 145 cm³/mol. The minimum Gasteiger partial charge on any atom is -0.377 e. The van der Waals surface area contributed by atoms with Crippen molar-refractivity contribution in [2.24, 2.45) is 34.4 Å². The molecule has 0 fully saturated rings. The second kappa shape index (κ2) is 24.8. The van der Waals surface area contributed by atoms with Gasteiger partial charge in [0.1, 0.15) is 12.2 Å². The topological polar surface area (TPSA) is 212 Å². The van der Waals surface area contributed by atoms with Crippen molar-refractivity contribution in [1.82, 2.24) is 0 Å². The Morgan fingerprint density at radius 2 is 0.528 bits per heavy atom. The van der Waals surface area contributed by atoms with Gasteiger partial charge in [-0.15, -0.1) is 0 Å². The van der Waals surface area contributed by atoms with Crippen molar-refractivity contribution in [2.75, 3.05) is 66.1 Å². The number of ether oxygens (including phenoxy) is 6. The maximum Gasteiger partial charge on any atom is 0.104 e. The molecule has 0 amide bonds. The third kappa shape index (κ3) is 31.5. The van der Waals surface area contributed by atoms with E-state index in [-0.39, 0.29) is 48.5 Å². The first-order valence-electron chi connectivity index (χ1n) is 12.9. The predicted octanol–water partition coefficient (Wildman–Crippen LogP) is -1.11. The van der Waals surface area contributed by atoms with Gasteiger partial charge in [0.25, 0.3) is 0 Å². The third-order valence-corrected chi connectivity index (χ3v) is 3.93. The molecule has 0 aliphatic carbocycles. The third-order valence-electron chi connectivity index (χ3n) is 3.93. The van der Waals surface area contributed by atoms with Crippen LogP contribution in [0.5, 0.6) is 0 Å². The minimum atomic E-state index is -0.131. The number of hydrogen-bond donors (Lipinski definition) is 6. The summed E-state index contributed by atoms with van der Waals surface area (Å²) in [4.78, 5) is 0. The van der Waals surface area contributed by atoms with Gasteiger partial charge in [-0.05, 0) is 41.5 Å². The molecule has 12 N–H and O–H groups in total. The van der Waals surface area contributed by atoms with Crippen LogP contribution in [-0.2, 0) is 28.4 Å². The van der Waals surface area contributed by atoms with Gasteiger partial charge in [0.15, 0.2) is 0 Å². The summed E-state index contributed by atoms with van der Waals surface area (Å²) in [5, 5.41) is 0. The molecule has 6 atom stereocenters. The second-order valence-corrected chi connectivity index (χ2v) is 9.92. The summed E-state index contributed by atoms with van der Waals surface area (Å²) < 4.78 is 33.0. The summed E-state index contributed by atoms with van der Waals surface area (Å²) in [7, 11) is 0. The highest BCUT2D eigenvalue weighted by molar-refractivity contribution is 4.62. The standard InChI is InChI=1S/2C12H29N3O3/c2*1-9(13)4-16-7-12(18-6-11(3)15)8-17-5-10(2)14/h2*9-12H,4-8,13-15H2,1-3H3. The van der Waals surface area contributed by atoms with E-state index in [0.717, 1.165) is 0 Å². The van der Waals surface area contributed by atoms with E-state index in [4.69, 9.17) is 62.8 Å². The molecule has 12 nitrogen and oxygen atoms in total. The lowest BCUT2D eigenvalue weighted by atomic mass is 10.3. The average molecular weight is 527 g/mol. The fraction of sp³-hybridized carbons (Fsp3) is 1.00. The summed E-state index contributed by atoms with van der Waals surface area (Å²) >= 11 is 0. The van der Waals surface area contributed by atoms with Crippen LogP contribution in [0.25, 0.3) is 0 Å². The number of nitrogens with two attached hydrogens (primary N) is 6. The molecular formula is C24H58N6O6. The monoisotopic (exact) mass is 526 g/mol. The van der Waals surface area contributed by atoms with E-state index >= 15 is 0 Å². The molecule has 0 aromatic heterocycles. The van der Waals surface area contributed by atoms with Crippen molar-refractivity contribution >= 4 is 0 Å². The van der Waals surface area contributed by atoms with Crippen LogP contribution in [0.2, 0.25) is 0 Å². The SMILES string of the molecule is CC(N)COCC(COCC(C)N)OCC(C)N.CC(N)COCC(COCC(C)N)OCC(C)N. The molecule has 0 saturated heterocycles. The van der Waals surface area contributed by atoms with E-state index < -0.39 is 0 Å². The molecular weight excluding hydrogens is 468 g/mol. The first kappa shape index (κ1) is 37.7. The first-order chi connectivity index (χ1) is 16.8. The second-order valence-electron chi connectivity index (χ2n) is 9.92.